The lowest BCUT2D eigenvalue weighted by molar-refractivity contribution is -0.137. The number of imide groups is 1. The number of nitrogens with one attached hydrogen (secondary N) is 1. The average Bonchev–Trinajstić information content (AvgIpc) is 3.22. The normalized spacial score (nSPS) is 20.4. The first-order valence-corrected chi connectivity index (χ1v) is 12.5. The van der Waals surface area contributed by atoms with Gasteiger partial charge in [0.15, 0.2) is 0 Å². The number of aliphatic carboxylic acids is 1. The van der Waals surface area contributed by atoms with E-state index in [1.54, 1.807) is 6.07 Å². The van der Waals surface area contributed by atoms with E-state index in [0.29, 0.717) is 31.5 Å². The lowest BCUT2D eigenvalue weighted by Gasteiger charge is -2.37. The number of halogens is 2. The van der Waals surface area contributed by atoms with Gasteiger partial charge in [0.25, 0.3) is 0 Å². The number of anilines is 2. The van der Waals surface area contributed by atoms with Crippen molar-refractivity contribution in [3.8, 4) is 0 Å². The van der Waals surface area contributed by atoms with Crippen LogP contribution in [0.5, 0.6) is 0 Å². The van der Waals surface area contributed by atoms with Gasteiger partial charge in [0.05, 0.1) is 5.69 Å². The Balaban J connectivity index is 0.00000342. The molecule has 3 aliphatic rings. The third kappa shape index (κ3) is 6.64. The molecular weight excluding hydrogens is 475 g/mol. The monoisotopic (exact) mass is 510 g/mol. The lowest BCUT2D eigenvalue weighted by Crippen LogP contribution is -2.52. The highest BCUT2D eigenvalue weighted by Crippen LogP contribution is 2.39. The van der Waals surface area contributed by atoms with Gasteiger partial charge in [0.2, 0.25) is 11.8 Å². The minimum absolute atomic E-state index is 0. The number of hydrogen-bond donors (Lipinski definition) is 2. The van der Waals surface area contributed by atoms with Gasteiger partial charge in [-0.3, -0.25) is 24.6 Å². The Morgan fingerprint density at radius 3 is 2.43 bits per heavy atom. The molecule has 0 bridgehead atoms. The molecule has 1 atom stereocenters. The van der Waals surface area contributed by atoms with Crippen molar-refractivity contribution in [3.05, 3.63) is 23.5 Å². The van der Waals surface area contributed by atoms with Gasteiger partial charge in [-0.1, -0.05) is 19.3 Å². The van der Waals surface area contributed by atoms with Crippen LogP contribution in [0.4, 0.5) is 15.8 Å². The van der Waals surface area contributed by atoms with Gasteiger partial charge < -0.3 is 14.9 Å². The third-order valence-corrected chi connectivity index (χ3v) is 7.26. The maximum absolute atomic E-state index is 15.0. The summed E-state index contributed by atoms with van der Waals surface area (Å²) in [5.74, 6) is -1.41. The van der Waals surface area contributed by atoms with E-state index in [-0.39, 0.29) is 42.5 Å². The second-order valence-corrected chi connectivity index (χ2v) is 9.54. The number of benzene rings is 1. The molecule has 4 rings (SSSR count). The third-order valence-electron chi connectivity index (χ3n) is 7.26. The fraction of sp³-hybridized carbons (Fsp3) is 0.640. The highest BCUT2D eigenvalue weighted by molar-refractivity contribution is 6.02. The van der Waals surface area contributed by atoms with Crippen molar-refractivity contribution in [2.75, 3.05) is 49.1 Å². The molecular formula is C25H36ClFN4O4. The summed E-state index contributed by atoms with van der Waals surface area (Å²) >= 11 is 0. The first kappa shape index (κ1) is 27.2. The van der Waals surface area contributed by atoms with E-state index in [0.717, 1.165) is 76.1 Å². The maximum Gasteiger partial charge on any atom is 0.303 e. The average molecular weight is 511 g/mol. The highest BCUT2D eigenvalue weighted by atomic mass is 35.5. The second kappa shape index (κ2) is 12.5. The number of carboxylic acid groups (broad SMARTS) is 1. The number of carboxylic acids is 1. The number of carbonyl (C=O) groups excluding carboxylic acids is 2. The van der Waals surface area contributed by atoms with Crippen LogP contribution in [0.25, 0.3) is 0 Å². The Morgan fingerprint density at radius 1 is 1.00 bits per heavy atom. The first-order valence-electron chi connectivity index (χ1n) is 12.5. The Labute approximate surface area is 212 Å². The number of nitrogens with zero attached hydrogens (tertiary/aromatic N) is 3. The Kier molecular flexibility index (Phi) is 9.74. The number of carbonyl (C=O) groups is 3. The summed E-state index contributed by atoms with van der Waals surface area (Å²) in [5, 5.41) is 11.1. The molecule has 2 amide bonds. The number of amides is 2. The number of fused-ring (bicyclic) bond motifs is 1. The van der Waals surface area contributed by atoms with E-state index < -0.39 is 5.97 Å². The second-order valence-electron chi connectivity index (χ2n) is 9.54. The summed E-state index contributed by atoms with van der Waals surface area (Å²) in [6.07, 6.45) is 6.78. The van der Waals surface area contributed by atoms with E-state index in [1.165, 1.54) is 6.07 Å². The molecule has 0 spiro atoms. The summed E-state index contributed by atoms with van der Waals surface area (Å²) in [6.45, 7) is 4.99. The quantitative estimate of drug-likeness (QED) is 0.369. The smallest absolute Gasteiger partial charge is 0.303 e. The van der Waals surface area contributed by atoms with E-state index in [9.17, 15) is 18.8 Å². The van der Waals surface area contributed by atoms with Gasteiger partial charge in [-0.05, 0) is 44.4 Å². The predicted octanol–water partition coefficient (Wildman–Crippen LogP) is 2.96. The van der Waals surface area contributed by atoms with Crippen molar-refractivity contribution in [1.29, 1.82) is 0 Å². The minimum atomic E-state index is -0.720. The lowest BCUT2D eigenvalue weighted by atomic mass is 10.0. The topological polar surface area (TPSA) is 93.2 Å². The van der Waals surface area contributed by atoms with Crippen LogP contribution in [0.1, 0.15) is 56.9 Å². The molecule has 1 unspecified atom stereocenters. The zero-order valence-corrected chi connectivity index (χ0v) is 21.0. The molecule has 10 heteroatoms. The molecule has 2 saturated heterocycles. The van der Waals surface area contributed by atoms with Gasteiger partial charge in [-0.25, -0.2) is 4.39 Å². The van der Waals surface area contributed by atoms with Crippen LogP contribution in [-0.4, -0.2) is 73.1 Å². The first-order chi connectivity index (χ1) is 16.4. The maximum atomic E-state index is 15.0. The summed E-state index contributed by atoms with van der Waals surface area (Å²) in [6, 6.07) is 2.91. The number of piperazine rings is 1. The molecule has 0 saturated carbocycles. The summed E-state index contributed by atoms with van der Waals surface area (Å²) < 4.78 is 15.0. The van der Waals surface area contributed by atoms with Crippen molar-refractivity contribution in [1.82, 2.24) is 10.2 Å². The molecule has 2 N–H and O–H groups in total. The standard InChI is InChI=1S/C25H35FN4O4.ClH/c26-19-7-8-20-18(11-13-30(20)21-9-10-22(31)27-25(21)34)24(19)29-16-14-28(15-17-29)12-5-3-1-2-4-6-23(32)33;/h7-8,21H,1-6,9-17H2,(H,32,33)(H,27,31,34);1H. The van der Waals surface area contributed by atoms with Gasteiger partial charge in [-0.2, -0.15) is 0 Å². The predicted molar refractivity (Wildman–Crippen MR) is 135 cm³/mol. The Morgan fingerprint density at radius 2 is 1.71 bits per heavy atom. The molecule has 3 heterocycles. The van der Waals surface area contributed by atoms with Crippen LogP contribution in [0.2, 0.25) is 0 Å². The van der Waals surface area contributed by atoms with Gasteiger partial charge in [-0.15, -0.1) is 12.4 Å². The molecule has 194 valence electrons. The van der Waals surface area contributed by atoms with Crippen molar-refractivity contribution in [2.24, 2.45) is 0 Å². The largest absolute Gasteiger partial charge is 0.481 e. The molecule has 1 aromatic carbocycles. The molecule has 35 heavy (non-hydrogen) atoms. The van der Waals surface area contributed by atoms with Gasteiger partial charge >= 0.3 is 5.97 Å². The van der Waals surface area contributed by atoms with E-state index >= 15 is 0 Å². The number of hydrogen-bond acceptors (Lipinski definition) is 6. The number of rotatable bonds is 10. The van der Waals surface area contributed by atoms with E-state index in [2.05, 4.69) is 15.1 Å². The van der Waals surface area contributed by atoms with E-state index in [4.69, 9.17) is 5.11 Å². The Bertz CT molecular complexity index is 923. The van der Waals surface area contributed by atoms with Crippen molar-refractivity contribution in [2.45, 2.75) is 63.8 Å². The number of piperidine rings is 1. The minimum Gasteiger partial charge on any atom is -0.481 e. The zero-order chi connectivity index (χ0) is 24.1. The fourth-order valence-electron chi connectivity index (χ4n) is 5.45. The zero-order valence-electron chi connectivity index (χ0n) is 20.1. The van der Waals surface area contributed by atoms with Gasteiger partial charge in [0.1, 0.15) is 11.9 Å². The summed E-state index contributed by atoms with van der Waals surface area (Å²) in [5.41, 5.74) is 2.56. The van der Waals surface area contributed by atoms with Crippen LogP contribution in [0.3, 0.4) is 0 Å². The molecule has 3 aliphatic heterocycles. The fourth-order valence-corrected chi connectivity index (χ4v) is 5.45. The number of unbranched alkanes of at least 4 members (excludes halogenated alkanes) is 4. The van der Waals surface area contributed by atoms with Crippen LogP contribution in [-0.2, 0) is 20.8 Å². The van der Waals surface area contributed by atoms with Crippen molar-refractivity contribution in [3.63, 3.8) is 0 Å². The van der Waals surface area contributed by atoms with Gasteiger partial charge in [0, 0.05) is 56.8 Å². The van der Waals surface area contributed by atoms with Crippen LogP contribution in [0, 0.1) is 5.82 Å². The van der Waals surface area contributed by atoms with Crippen molar-refractivity contribution >= 4 is 41.6 Å². The Hall–Kier alpha value is -2.39. The molecule has 0 aliphatic carbocycles. The molecule has 1 aromatic rings. The molecule has 0 aromatic heterocycles. The molecule has 8 nitrogen and oxygen atoms in total. The van der Waals surface area contributed by atoms with E-state index in [1.807, 2.05) is 4.90 Å². The highest BCUT2D eigenvalue weighted by Gasteiger charge is 2.37. The van der Waals surface area contributed by atoms with Crippen LogP contribution in [0.15, 0.2) is 12.1 Å². The molecule has 0 radical (unpaired) electrons. The summed E-state index contributed by atoms with van der Waals surface area (Å²) in [7, 11) is 0. The van der Waals surface area contributed by atoms with Crippen LogP contribution < -0.4 is 15.1 Å². The van der Waals surface area contributed by atoms with Crippen LogP contribution >= 0.6 is 12.4 Å². The SMILES string of the molecule is Cl.O=C(O)CCCCCCCN1CCN(c2c(F)ccc3c2CCN3C2CCC(=O)NC2=O)CC1. The summed E-state index contributed by atoms with van der Waals surface area (Å²) in [4.78, 5) is 41.1. The van der Waals surface area contributed by atoms with Crippen molar-refractivity contribution < 1.29 is 23.9 Å². The molecule has 2 fully saturated rings.